The quantitative estimate of drug-likeness (QED) is 0.226. The average Bonchev–Trinajstić information content (AvgIpc) is 2.62. The Kier molecular flexibility index (Phi) is 7.11. The second-order valence-corrected chi connectivity index (χ2v) is 7.48. The zero-order chi connectivity index (χ0) is 20.9. The first-order chi connectivity index (χ1) is 13.1. The van der Waals surface area contributed by atoms with Gasteiger partial charge in [-0.1, -0.05) is 38.3 Å². The lowest BCUT2D eigenvalue weighted by atomic mass is 9.78. The van der Waals surface area contributed by atoms with Gasteiger partial charge >= 0.3 is 5.97 Å². The summed E-state index contributed by atoms with van der Waals surface area (Å²) in [7, 11) is 0. The number of aliphatic hydroxyl groups excluding tert-OH is 1. The third-order valence-electron chi connectivity index (χ3n) is 4.63. The van der Waals surface area contributed by atoms with Crippen molar-refractivity contribution in [3.05, 3.63) is 72.1 Å². The molecule has 0 saturated heterocycles. The van der Waals surface area contributed by atoms with E-state index in [9.17, 15) is 14.3 Å². The molecular formula is C23H27FO4. The highest BCUT2D eigenvalue weighted by Gasteiger charge is 2.24. The van der Waals surface area contributed by atoms with E-state index in [1.54, 1.807) is 19.1 Å². The molecule has 0 radical (unpaired) electrons. The summed E-state index contributed by atoms with van der Waals surface area (Å²) in [5.41, 5.74) is 1.91. The van der Waals surface area contributed by atoms with Crippen LogP contribution in [0.4, 0.5) is 4.39 Å². The summed E-state index contributed by atoms with van der Waals surface area (Å²) in [6.07, 6.45) is 6.39. The fourth-order valence-corrected chi connectivity index (χ4v) is 2.69. The number of hydrogen-bond acceptors (Lipinski definition) is 4. The molecule has 0 saturated carbocycles. The van der Waals surface area contributed by atoms with Crippen LogP contribution in [-0.4, -0.2) is 24.0 Å². The normalized spacial score (nSPS) is 19.7. The van der Waals surface area contributed by atoms with Crippen LogP contribution in [0.15, 0.2) is 60.7 Å². The second kappa shape index (κ2) is 9.13. The van der Waals surface area contributed by atoms with E-state index in [0.717, 1.165) is 18.4 Å². The monoisotopic (exact) mass is 386 g/mol. The third-order valence-corrected chi connectivity index (χ3v) is 4.63. The zero-order valence-electron chi connectivity index (χ0n) is 16.6. The molecule has 1 aliphatic carbocycles. The van der Waals surface area contributed by atoms with E-state index >= 15 is 0 Å². The predicted molar refractivity (Wildman–Crippen MR) is 108 cm³/mol. The van der Waals surface area contributed by atoms with E-state index in [-0.39, 0.29) is 16.7 Å². The first-order valence-corrected chi connectivity index (χ1v) is 9.13. The minimum Gasteiger partial charge on any atom is -0.423 e. The number of halogens is 1. The third kappa shape index (κ3) is 5.75. The molecule has 1 aromatic rings. The molecule has 5 heteroatoms. The van der Waals surface area contributed by atoms with Crippen LogP contribution in [0.25, 0.3) is 5.57 Å². The minimum absolute atomic E-state index is 0.133. The largest absolute Gasteiger partial charge is 0.423 e. The Bertz CT molecular complexity index is 837. The number of aliphatic hydroxyl groups is 1. The highest BCUT2D eigenvalue weighted by molar-refractivity contribution is 5.88. The van der Waals surface area contributed by atoms with Gasteiger partial charge in [0, 0.05) is 17.2 Å². The van der Waals surface area contributed by atoms with Gasteiger partial charge in [-0.2, -0.15) is 0 Å². The summed E-state index contributed by atoms with van der Waals surface area (Å²) < 4.78 is 24.9. The minimum atomic E-state index is -0.950. The van der Waals surface area contributed by atoms with E-state index in [2.05, 4.69) is 20.1 Å². The van der Waals surface area contributed by atoms with Crippen molar-refractivity contribution in [2.24, 2.45) is 5.41 Å². The lowest BCUT2D eigenvalue weighted by molar-refractivity contribution is -0.130. The Morgan fingerprint density at radius 3 is 2.61 bits per heavy atom. The maximum Gasteiger partial charge on any atom is 0.338 e. The molecule has 0 aromatic heterocycles. The summed E-state index contributed by atoms with van der Waals surface area (Å²) in [5.74, 6) is -0.897. The van der Waals surface area contributed by atoms with Gasteiger partial charge in [0.2, 0.25) is 0 Å². The standard InChI is InChI=1S/C23H27FO4/c1-15(2)21(25)27-13-12-23(5)10-8-17(9-11-23)19-7-6-18(14-20(19)24)28-22(26)16(3)4/h6-10,14,21,25H,1,3,11-13H2,2,4-5H3. The van der Waals surface area contributed by atoms with Gasteiger partial charge in [-0.15, -0.1) is 0 Å². The summed E-state index contributed by atoms with van der Waals surface area (Å²) in [6, 6.07) is 4.36. The van der Waals surface area contributed by atoms with Crippen LogP contribution in [0.2, 0.25) is 0 Å². The Labute approximate surface area is 165 Å². The van der Waals surface area contributed by atoms with Gasteiger partial charge in [-0.25, -0.2) is 9.18 Å². The summed E-state index contributed by atoms with van der Waals surface area (Å²) in [6.45, 7) is 12.9. The van der Waals surface area contributed by atoms with E-state index in [1.165, 1.54) is 13.0 Å². The maximum absolute atomic E-state index is 14.5. The zero-order valence-corrected chi connectivity index (χ0v) is 16.6. The van der Waals surface area contributed by atoms with Crippen LogP contribution >= 0.6 is 0 Å². The lowest BCUT2D eigenvalue weighted by Gasteiger charge is -2.28. The number of esters is 1. The van der Waals surface area contributed by atoms with Crippen molar-refractivity contribution in [1.29, 1.82) is 0 Å². The molecule has 0 bridgehead atoms. The van der Waals surface area contributed by atoms with Crippen molar-refractivity contribution >= 4 is 11.5 Å². The van der Waals surface area contributed by atoms with Crippen LogP contribution in [-0.2, 0) is 9.53 Å². The van der Waals surface area contributed by atoms with Crippen molar-refractivity contribution in [3.8, 4) is 5.75 Å². The maximum atomic E-state index is 14.5. The molecule has 28 heavy (non-hydrogen) atoms. The van der Waals surface area contributed by atoms with Crippen molar-refractivity contribution < 1.29 is 23.8 Å². The van der Waals surface area contributed by atoms with Crippen molar-refractivity contribution in [1.82, 2.24) is 0 Å². The van der Waals surface area contributed by atoms with E-state index < -0.39 is 18.1 Å². The molecule has 1 aromatic carbocycles. The van der Waals surface area contributed by atoms with Gasteiger partial charge in [-0.3, -0.25) is 0 Å². The smallest absolute Gasteiger partial charge is 0.338 e. The first kappa shape index (κ1) is 21.8. The summed E-state index contributed by atoms with van der Waals surface area (Å²) in [5, 5.41) is 9.64. The molecule has 0 fully saturated rings. The Morgan fingerprint density at radius 2 is 2.07 bits per heavy atom. The molecule has 1 aliphatic rings. The van der Waals surface area contributed by atoms with Gasteiger partial charge in [0.15, 0.2) is 6.29 Å². The number of hydrogen-bond donors (Lipinski definition) is 1. The predicted octanol–water partition coefficient (Wildman–Crippen LogP) is 4.96. The van der Waals surface area contributed by atoms with Crippen LogP contribution in [0.5, 0.6) is 5.75 Å². The van der Waals surface area contributed by atoms with Crippen molar-refractivity contribution in [2.45, 2.75) is 39.9 Å². The van der Waals surface area contributed by atoms with Gasteiger partial charge in [-0.05, 0) is 55.4 Å². The van der Waals surface area contributed by atoms with Crippen molar-refractivity contribution in [2.75, 3.05) is 6.61 Å². The molecule has 1 N–H and O–H groups in total. The van der Waals surface area contributed by atoms with Crippen molar-refractivity contribution in [3.63, 3.8) is 0 Å². The molecule has 0 heterocycles. The van der Waals surface area contributed by atoms with Crippen LogP contribution in [0.3, 0.4) is 0 Å². The van der Waals surface area contributed by atoms with Gasteiger partial charge in [0.05, 0.1) is 6.61 Å². The topological polar surface area (TPSA) is 55.8 Å². The summed E-state index contributed by atoms with van der Waals surface area (Å²) in [4.78, 5) is 11.5. The van der Waals surface area contributed by atoms with Crippen LogP contribution in [0.1, 0.15) is 39.2 Å². The molecule has 0 amide bonds. The number of benzene rings is 1. The average molecular weight is 386 g/mol. The molecule has 2 unspecified atom stereocenters. The van der Waals surface area contributed by atoms with Gasteiger partial charge in [0.1, 0.15) is 11.6 Å². The van der Waals surface area contributed by atoms with Crippen LogP contribution < -0.4 is 4.74 Å². The lowest BCUT2D eigenvalue weighted by Crippen LogP contribution is -2.21. The Morgan fingerprint density at radius 1 is 1.36 bits per heavy atom. The van der Waals surface area contributed by atoms with E-state index in [0.29, 0.717) is 17.7 Å². The van der Waals surface area contributed by atoms with Gasteiger partial charge in [0.25, 0.3) is 0 Å². The molecular weight excluding hydrogens is 359 g/mol. The number of carbonyl (C=O) groups excluding carboxylic acids is 1. The molecule has 0 aliphatic heterocycles. The van der Waals surface area contributed by atoms with Gasteiger partial charge < -0.3 is 14.6 Å². The molecule has 4 nitrogen and oxygen atoms in total. The fourth-order valence-electron chi connectivity index (χ4n) is 2.69. The SMILES string of the molecule is C=C(C)C(=O)Oc1ccc(C2=CCC(C)(CCOC(O)C(=C)C)C=C2)c(F)c1. The number of allylic oxidation sites excluding steroid dienone is 4. The first-order valence-electron chi connectivity index (χ1n) is 9.13. The van der Waals surface area contributed by atoms with Crippen LogP contribution in [0, 0.1) is 11.2 Å². The summed E-state index contributed by atoms with van der Waals surface area (Å²) >= 11 is 0. The Balaban J connectivity index is 2.01. The van der Waals surface area contributed by atoms with E-state index in [1.807, 2.05) is 18.2 Å². The highest BCUT2D eigenvalue weighted by Crippen LogP contribution is 2.36. The molecule has 0 spiro atoms. The molecule has 150 valence electrons. The number of carbonyl (C=O) groups is 1. The number of ether oxygens (including phenoxy) is 2. The Hall–Kier alpha value is -2.50. The second-order valence-electron chi connectivity index (χ2n) is 7.48. The fraction of sp³-hybridized carbons (Fsp3) is 0.348. The molecule has 2 rings (SSSR count). The van der Waals surface area contributed by atoms with E-state index in [4.69, 9.17) is 9.47 Å². The number of rotatable bonds is 8. The highest BCUT2D eigenvalue weighted by atomic mass is 19.1. The molecule has 2 atom stereocenters.